The first-order chi connectivity index (χ1) is 18.2. The van der Waals surface area contributed by atoms with Crippen LogP contribution in [0.3, 0.4) is 0 Å². The molecule has 3 aliphatic rings. The number of benzene rings is 1. The van der Waals surface area contributed by atoms with Crippen molar-refractivity contribution in [2.75, 3.05) is 5.32 Å². The smallest absolute Gasteiger partial charge is 0.271 e. The minimum atomic E-state index is -3.37. The average Bonchev–Trinajstić information content (AvgIpc) is 3.58. The summed E-state index contributed by atoms with van der Waals surface area (Å²) in [6.45, 7) is 4.07. The van der Waals surface area contributed by atoms with Crippen molar-refractivity contribution in [2.45, 2.75) is 94.2 Å². The molecule has 2 aromatic heterocycles. The zero-order valence-corrected chi connectivity index (χ0v) is 23.6. The quantitative estimate of drug-likeness (QED) is 0.362. The van der Waals surface area contributed by atoms with E-state index < -0.39 is 9.84 Å². The third-order valence-electron chi connectivity index (χ3n) is 9.38. The van der Waals surface area contributed by atoms with Gasteiger partial charge in [-0.15, -0.1) is 0 Å². The van der Waals surface area contributed by atoms with Gasteiger partial charge in [0, 0.05) is 23.3 Å². The Labute approximate surface area is 229 Å². The minimum absolute atomic E-state index is 0.109. The summed E-state index contributed by atoms with van der Waals surface area (Å²) in [5, 5.41) is 3.88. The van der Waals surface area contributed by atoms with Crippen LogP contribution in [0.15, 0.2) is 40.2 Å². The van der Waals surface area contributed by atoms with Crippen LogP contribution < -0.4 is 10.9 Å². The normalized spacial score (nSPS) is 24.7. The summed E-state index contributed by atoms with van der Waals surface area (Å²) in [5.41, 5.74) is 2.14. The maximum absolute atomic E-state index is 13.3. The van der Waals surface area contributed by atoms with Crippen LogP contribution in [0.4, 0.5) is 11.6 Å². The standard InChI is InChI=1S/C29H35ClN4O3S/c1-3-19-6-8-21(9-7-19)38(36,37)22-10-11-24(18(2)15-22)32-28-31-17-20-16-23(30)27(35)34(26(20)33-28)25-5-4-12-29(25)13-14-29/h10-11,15-17,19,21,25H,3-9,12-14H2,1-2H3,(H,31,32,33). The van der Waals surface area contributed by atoms with Crippen LogP contribution in [0.1, 0.15) is 82.7 Å². The summed E-state index contributed by atoms with van der Waals surface area (Å²) in [6.07, 6.45) is 11.7. The molecular weight excluding hydrogens is 520 g/mol. The molecule has 0 saturated heterocycles. The Bertz CT molecular complexity index is 1560. The fourth-order valence-corrected chi connectivity index (χ4v) is 8.90. The number of anilines is 2. The number of hydrogen-bond donors (Lipinski definition) is 1. The molecule has 7 nitrogen and oxygen atoms in total. The highest BCUT2D eigenvalue weighted by Gasteiger charge is 2.53. The van der Waals surface area contributed by atoms with Gasteiger partial charge in [-0.2, -0.15) is 4.98 Å². The molecule has 0 aliphatic heterocycles. The van der Waals surface area contributed by atoms with Crippen molar-refractivity contribution in [3.05, 3.63) is 51.4 Å². The molecule has 202 valence electrons. The van der Waals surface area contributed by atoms with Crippen molar-refractivity contribution >= 4 is 44.1 Å². The molecule has 0 amide bonds. The van der Waals surface area contributed by atoms with Crippen LogP contribution in [0.5, 0.6) is 0 Å². The van der Waals surface area contributed by atoms with Crippen molar-refractivity contribution < 1.29 is 8.42 Å². The number of halogens is 1. The number of sulfone groups is 1. The Morgan fingerprint density at radius 1 is 1.11 bits per heavy atom. The molecule has 3 aromatic rings. The van der Waals surface area contributed by atoms with E-state index in [9.17, 15) is 13.2 Å². The molecule has 0 bridgehead atoms. The first-order valence-electron chi connectivity index (χ1n) is 13.9. The molecule has 6 rings (SSSR count). The van der Waals surface area contributed by atoms with Crippen molar-refractivity contribution in [2.24, 2.45) is 11.3 Å². The molecule has 3 saturated carbocycles. The Morgan fingerprint density at radius 2 is 1.87 bits per heavy atom. The summed E-state index contributed by atoms with van der Waals surface area (Å²) in [6, 6.07) is 6.97. The molecule has 3 fully saturated rings. The molecule has 9 heteroatoms. The molecule has 1 aromatic carbocycles. The number of rotatable bonds is 6. The predicted molar refractivity (Wildman–Crippen MR) is 151 cm³/mol. The number of fused-ring (bicyclic) bond motifs is 1. The molecular formula is C29H35ClN4O3S. The van der Waals surface area contributed by atoms with Crippen LogP contribution in [-0.2, 0) is 9.84 Å². The lowest BCUT2D eigenvalue weighted by Gasteiger charge is -2.27. The monoisotopic (exact) mass is 554 g/mol. The van der Waals surface area contributed by atoms with Gasteiger partial charge in [-0.3, -0.25) is 9.36 Å². The first-order valence-corrected chi connectivity index (χ1v) is 15.8. The van der Waals surface area contributed by atoms with Crippen LogP contribution in [-0.4, -0.2) is 28.2 Å². The number of aromatic nitrogens is 3. The molecule has 1 unspecified atom stereocenters. The number of nitrogens with one attached hydrogen (secondary N) is 1. The lowest BCUT2D eigenvalue weighted by Crippen LogP contribution is -2.29. The molecule has 1 N–H and O–H groups in total. The van der Waals surface area contributed by atoms with Crippen molar-refractivity contribution in [3.63, 3.8) is 0 Å². The van der Waals surface area contributed by atoms with Gasteiger partial charge < -0.3 is 5.32 Å². The molecule has 3 aliphatic carbocycles. The highest BCUT2D eigenvalue weighted by molar-refractivity contribution is 7.92. The lowest BCUT2D eigenvalue weighted by molar-refractivity contribution is 0.348. The van der Waals surface area contributed by atoms with Gasteiger partial charge in [0.1, 0.15) is 10.7 Å². The number of nitrogens with zero attached hydrogens (tertiary/aromatic N) is 3. The number of hydrogen-bond acceptors (Lipinski definition) is 6. The zero-order chi connectivity index (χ0) is 26.7. The highest BCUT2D eigenvalue weighted by Crippen LogP contribution is 2.63. The van der Waals surface area contributed by atoms with E-state index in [0.29, 0.717) is 22.4 Å². The van der Waals surface area contributed by atoms with Gasteiger partial charge >= 0.3 is 0 Å². The molecule has 38 heavy (non-hydrogen) atoms. The largest absolute Gasteiger partial charge is 0.324 e. The van der Waals surface area contributed by atoms with Crippen molar-refractivity contribution in [3.8, 4) is 0 Å². The Morgan fingerprint density at radius 3 is 2.55 bits per heavy atom. The zero-order valence-electron chi connectivity index (χ0n) is 22.0. The van der Waals surface area contributed by atoms with Gasteiger partial charge in [0.05, 0.1) is 10.1 Å². The lowest BCUT2D eigenvalue weighted by atomic mass is 9.87. The maximum Gasteiger partial charge on any atom is 0.271 e. The maximum atomic E-state index is 13.3. The van der Waals surface area contributed by atoms with Crippen LogP contribution in [0, 0.1) is 18.3 Å². The second kappa shape index (κ2) is 9.63. The summed E-state index contributed by atoms with van der Waals surface area (Å²) < 4.78 is 28.5. The highest BCUT2D eigenvalue weighted by atomic mass is 35.5. The van der Waals surface area contributed by atoms with Gasteiger partial charge in [0.2, 0.25) is 5.95 Å². The van der Waals surface area contributed by atoms with Crippen LogP contribution >= 0.6 is 11.6 Å². The SMILES string of the molecule is CCC1CCC(S(=O)(=O)c2ccc(Nc3ncc4cc(Cl)c(=O)n(C5CCCC56CC6)c4n3)c(C)c2)CC1. The van der Waals surface area contributed by atoms with E-state index in [4.69, 9.17) is 16.6 Å². The fraction of sp³-hybridized carbons (Fsp3) is 0.552. The molecule has 1 atom stereocenters. The molecule has 1 spiro atoms. The second-order valence-electron chi connectivity index (χ2n) is 11.6. The number of pyridine rings is 1. The summed E-state index contributed by atoms with van der Waals surface area (Å²) in [7, 11) is -3.37. The van der Waals surface area contributed by atoms with Crippen LogP contribution in [0.2, 0.25) is 5.02 Å². The molecule has 2 heterocycles. The summed E-state index contributed by atoms with van der Waals surface area (Å²) in [5.74, 6) is 1.01. The van der Waals surface area contributed by atoms with E-state index in [1.165, 1.54) is 0 Å². The van der Waals surface area contributed by atoms with Gasteiger partial charge in [-0.25, -0.2) is 13.4 Å². The Kier molecular flexibility index (Phi) is 6.54. The average molecular weight is 555 g/mol. The Hall–Kier alpha value is -2.45. The third kappa shape index (κ3) is 4.43. The predicted octanol–water partition coefficient (Wildman–Crippen LogP) is 6.74. The Balaban J connectivity index is 1.29. The van der Waals surface area contributed by atoms with Crippen molar-refractivity contribution in [1.82, 2.24) is 14.5 Å². The molecule has 0 radical (unpaired) electrons. The van der Waals surface area contributed by atoms with E-state index >= 15 is 0 Å². The minimum Gasteiger partial charge on any atom is -0.324 e. The third-order valence-corrected chi connectivity index (χ3v) is 11.9. The van der Waals surface area contributed by atoms with Gasteiger partial charge in [0.25, 0.3) is 5.56 Å². The van der Waals surface area contributed by atoms with Gasteiger partial charge in [-0.05, 0) is 99.5 Å². The van der Waals surface area contributed by atoms with Gasteiger partial charge in [-0.1, -0.05) is 31.4 Å². The summed E-state index contributed by atoms with van der Waals surface area (Å²) in [4.78, 5) is 22.8. The van der Waals surface area contributed by atoms with Crippen molar-refractivity contribution in [1.29, 1.82) is 0 Å². The second-order valence-corrected chi connectivity index (χ2v) is 14.2. The van der Waals surface area contributed by atoms with E-state index in [-0.39, 0.29) is 27.3 Å². The fourth-order valence-electron chi connectivity index (χ4n) is 6.82. The van der Waals surface area contributed by atoms with E-state index in [1.807, 2.05) is 6.92 Å². The van der Waals surface area contributed by atoms with Gasteiger partial charge in [0.15, 0.2) is 9.84 Å². The van der Waals surface area contributed by atoms with E-state index in [0.717, 1.165) is 80.8 Å². The van der Waals surface area contributed by atoms with E-state index in [2.05, 4.69) is 17.2 Å². The number of aryl methyl sites for hydroxylation is 1. The van der Waals surface area contributed by atoms with E-state index in [1.54, 1.807) is 35.0 Å². The topological polar surface area (TPSA) is 94.0 Å². The van der Waals surface area contributed by atoms with Crippen LogP contribution in [0.25, 0.3) is 11.0 Å². The summed E-state index contributed by atoms with van der Waals surface area (Å²) >= 11 is 6.34. The first kappa shape index (κ1) is 25.8.